The number of aliphatic hydroxyl groups is 8. The molecule has 78 heavy (non-hydrogen) atoms. The molecule has 5 atom stereocenters. The number of allylic oxidation sites excluding steroid dienone is 7. The van der Waals surface area contributed by atoms with Crippen LogP contribution in [0.2, 0.25) is 0 Å². The largest absolute Gasteiger partial charge is 0.461 e. The summed E-state index contributed by atoms with van der Waals surface area (Å²) in [5, 5.41) is 86.7. The Morgan fingerprint density at radius 1 is 0.641 bits per heavy atom. The van der Waals surface area contributed by atoms with Gasteiger partial charge in [-0.3, -0.25) is 27.3 Å². The molecule has 2 aromatic rings. The molecule has 1 aliphatic carbocycles. The van der Waals surface area contributed by atoms with Crippen LogP contribution in [0.15, 0.2) is 103 Å². The first kappa shape index (κ1) is 62.7. The lowest BCUT2D eigenvalue weighted by atomic mass is 9.78. The maximum atomic E-state index is 13.0. The number of benzene rings is 2. The fraction of sp³-hybridized carbons (Fsp3) is 0.452. The van der Waals surface area contributed by atoms with Crippen molar-refractivity contribution >= 4 is 77.8 Å². The third-order valence-corrected chi connectivity index (χ3v) is 18.2. The van der Waals surface area contributed by atoms with Crippen LogP contribution in [-0.2, 0) is 81.0 Å². The predicted octanol–water partition coefficient (Wildman–Crippen LogP) is -3.31. The first-order valence-corrected chi connectivity index (χ1v) is 31.4. The predicted molar refractivity (Wildman–Crippen MR) is 264 cm³/mol. The second-order valence-electron chi connectivity index (χ2n) is 18.1. The summed E-state index contributed by atoms with van der Waals surface area (Å²) in [6, 6.07) is 1.96. The Bertz CT molecular complexity index is 3620. The van der Waals surface area contributed by atoms with Gasteiger partial charge in [-0.15, -0.1) is 0 Å². The molecule has 30 nitrogen and oxygen atoms in total. The molecule has 2 aromatic carbocycles. The van der Waals surface area contributed by atoms with Crippen molar-refractivity contribution in [2.45, 2.75) is 80.4 Å². The van der Waals surface area contributed by atoms with Gasteiger partial charge in [-0.25, -0.2) is 0 Å². The van der Waals surface area contributed by atoms with Gasteiger partial charge in [0.05, 0.1) is 65.4 Å². The fourth-order valence-electron chi connectivity index (χ4n) is 9.43. The minimum atomic E-state index is -5.54. The van der Waals surface area contributed by atoms with Crippen LogP contribution in [0.4, 0.5) is 11.4 Å². The van der Waals surface area contributed by atoms with Gasteiger partial charge in [0.1, 0.15) is 47.0 Å². The van der Waals surface area contributed by atoms with Crippen molar-refractivity contribution in [1.29, 1.82) is 0 Å². The molecule has 0 amide bonds. The topological polar surface area (TPSA) is 513 Å². The zero-order chi connectivity index (χ0) is 58.5. The first-order chi connectivity index (χ1) is 35.9. The molecule has 1 fully saturated rings. The molecule has 0 spiro atoms. The monoisotopic (exact) mass is 1230 g/mol. The molecule has 4 aliphatic rings. The van der Waals surface area contributed by atoms with Crippen molar-refractivity contribution < 1.29 is 133 Å². The Kier molecular flexibility index (Phi) is 18.3. The molecule has 36 heteroatoms. The van der Waals surface area contributed by atoms with E-state index in [1.807, 2.05) is 0 Å². The van der Waals surface area contributed by atoms with Gasteiger partial charge >= 0.3 is 10.1 Å². The normalized spacial score (nSPS) is 24.0. The van der Waals surface area contributed by atoms with Gasteiger partial charge < -0.3 is 55.2 Å². The zero-order valence-electron chi connectivity index (χ0n) is 40.0. The smallest absolute Gasteiger partial charge is 0.301 e. The number of anilines is 1. The van der Waals surface area contributed by atoms with Gasteiger partial charge in [0, 0.05) is 35.9 Å². The summed E-state index contributed by atoms with van der Waals surface area (Å²) in [5.41, 5.74) is -8.20. The van der Waals surface area contributed by atoms with Crippen LogP contribution in [-0.4, -0.2) is 217 Å². The highest BCUT2D eigenvalue weighted by Gasteiger charge is 2.55. The van der Waals surface area contributed by atoms with E-state index in [4.69, 9.17) is 9.47 Å². The average molecular weight is 1230 g/mol. The Morgan fingerprint density at radius 3 is 1.69 bits per heavy atom. The van der Waals surface area contributed by atoms with Crippen molar-refractivity contribution in [2.24, 2.45) is 0 Å². The number of ether oxygens (including phenoxy) is 2. The highest BCUT2D eigenvalue weighted by atomic mass is 32.2. The summed E-state index contributed by atoms with van der Waals surface area (Å²) in [6.07, 6.45) is -4.23. The first-order valence-electron chi connectivity index (χ1n) is 22.5. The molecule has 434 valence electrons. The molecule has 1 saturated heterocycles. The molecule has 0 radical (unpaired) electrons. The van der Waals surface area contributed by atoms with E-state index >= 15 is 0 Å². The number of aliphatic hydroxyl groups excluding tert-OH is 8. The molecule has 0 aromatic heterocycles. The van der Waals surface area contributed by atoms with E-state index in [2.05, 4.69) is 0 Å². The highest BCUT2D eigenvalue weighted by molar-refractivity contribution is 7.87. The van der Waals surface area contributed by atoms with E-state index in [1.165, 1.54) is 12.2 Å². The van der Waals surface area contributed by atoms with E-state index in [0.29, 0.717) is 24.3 Å². The third kappa shape index (κ3) is 12.7. The lowest BCUT2D eigenvalue weighted by Crippen LogP contribution is -2.59. The van der Waals surface area contributed by atoms with Crippen LogP contribution in [0, 0.1) is 0 Å². The Hall–Kier alpha value is -4.49. The Balaban J connectivity index is 1.68. The van der Waals surface area contributed by atoms with Crippen LogP contribution < -0.4 is 4.90 Å². The van der Waals surface area contributed by atoms with Crippen molar-refractivity contribution in [3.63, 3.8) is 0 Å². The van der Waals surface area contributed by atoms with Crippen molar-refractivity contribution in [1.82, 2.24) is 0 Å². The summed E-state index contributed by atoms with van der Waals surface area (Å²) in [5.74, 6) is -2.44. The minimum absolute atomic E-state index is 0.0967. The number of hydrogen-bond acceptors (Lipinski definition) is 23. The lowest BCUT2D eigenvalue weighted by Gasteiger charge is -2.40. The molecule has 6 rings (SSSR count). The van der Waals surface area contributed by atoms with E-state index in [0.717, 1.165) is 33.8 Å². The van der Waals surface area contributed by atoms with Crippen LogP contribution in [0.1, 0.15) is 30.4 Å². The molecule has 3 heterocycles. The van der Waals surface area contributed by atoms with Gasteiger partial charge in [-0.1, -0.05) is 12.2 Å². The molecular weight excluding hydrogens is 1170 g/mol. The van der Waals surface area contributed by atoms with Gasteiger partial charge in [0.2, 0.25) is 12.0 Å². The third-order valence-electron chi connectivity index (χ3n) is 13.2. The van der Waals surface area contributed by atoms with Crippen LogP contribution in [0.3, 0.4) is 0 Å². The molecule has 14 N–H and O–H groups in total. The Labute approximate surface area is 445 Å². The second kappa shape index (κ2) is 22.8. The van der Waals surface area contributed by atoms with E-state index in [1.54, 1.807) is 0 Å². The molecule has 3 aliphatic heterocycles. The Morgan fingerprint density at radius 2 is 1.18 bits per heavy atom. The summed E-state index contributed by atoms with van der Waals surface area (Å²) in [7, 11) is -31.3. The number of rotatable bonds is 22. The summed E-state index contributed by atoms with van der Waals surface area (Å²) < 4.78 is 222. The summed E-state index contributed by atoms with van der Waals surface area (Å²) in [4.78, 5) is -3.87. The summed E-state index contributed by atoms with van der Waals surface area (Å²) in [6.45, 7) is -7.23. The van der Waals surface area contributed by atoms with Gasteiger partial charge in [-0.05, 0) is 66.5 Å². The van der Waals surface area contributed by atoms with Crippen molar-refractivity contribution in [2.75, 3.05) is 62.5 Å². The van der Waals surface area contributed by atoms with Gasteiger partial charge in [0.15, 0.2) is 10.6 Å². The number of nitrogens with zero attached hydrogens (tertiary/aromatic N) is 2. The highest BCUT2D eigenvalue weighted by Crippen LogP contribution is 2.52. The number of fused-ring (bicyclic) bond motifs is 2. The number of hydrogen-bond donors (Lipinski definition) is 14. The maximum absolute atomic E-state index is 13.0. The van der Waals surface area contributed by atoms with E-state index < -0.39 is 232 Å². The molecular formula is C42H53N2O28S6+. The molecule has 0 unspecified atom stereocenters. The van der Waals surface area contributed by atoms with Crippen LogP contribution in [0.5, 0.6) is 0 Å². The van der Waals surface area contributed by atoms with Crippen LogP contribution >= 0.6 is 0 Å². The van der Waals surface area contributed by atoms with Gasteiger partial charge in [0.25, 0.3) is 50.6 Å². The quantitative estimate of drug-likeness (QED) is 0.0405. The van der Waals surface area contributed by atoms with Crippen LogP contribution in [0.25, 0.3) is 0 Å². The fourth-order valence-corrected chi connectivity index (χ4v) is 13.1. The average Bonchev–Trinajstić information content (AvgIpc) is 3.93. The maximum Gasteiger partial charge on any atom is 0.301 e. The van der Waals surface area contributed by atoms with Gasteiger partial charge in [-0.2, -0.15) is 55.1 Å². The van der Waals surface area contributed by atoms with E-state index in [9.17, 15) is 119 Å². The zero-order valence-corrected chi connectivity index (χ0v) is 44.9. The van der Waals surface area contributed by atoms with E-state index in [-0.39, 0.29) is 17.6 Å². The lowest BCUT2D eigenvalue weighted by molar-refractivity contribution is -0.440. The second-order valence-corrected chi connectivity index (χ2v) is 26.9. The summed E-state index contributed by atoms with van der Waals surface area (Å²) >= 11 is 0. The molecule has 0 bridgehead atoms. The SMILES string of the molecule is O=S(=O)(O)CCCN1/C(=C/C=C2\C=CCC(/C=C/C3=[N+](CCCS(=O)(=O)O)c4c(cc(S(=O)(=O)O)cc4S(=O)(=O)O)C3(CO)CO)=C2O[C@@H]2O[C@H](CO)[C@@H](O)[C@H](O)[C@H]2O)C(CO)(CO)c2cc(S(=O)(=O)O)cc(S(=O)(=O)O)c21. The molecule has 0 saturated carbocycles. The standard InChI is InChI=1S/C42H52N2O28S6/c45-18-29-36(50)37(51)38(52)40(71-29)72-39-23(6-8-32-41(19-46,20-47)27-14-25(75(59,60)61)16-30(77(65,66)67)34(27)43(32)10-2-12-73(53,54)55)4-1-5-24(39)7-9-33-42(21-48,22-49)28-15-26(76(62,63)64)17-31(78(68,69)70)35(28)44(33)11-3-13-74(56,57)58/h1,4,6-9,14-17,29,36-38,40,45-52H,2-3,5,10-13,18-22H2,(H5-,53,54,55,56,57,58,59,60,61,62,63,64,65,66,67,68,69,70)/p+1/t29-,36-,37+,38-,40+/m1/s1. The van der Waals surface area contributed by atoms with Crippen molar-refractivity contribution in [3.8, 4) is 0 Å². The minimum Gasteiger partial charge on any atom is -0.461 e. The van der Waals surface area contributed by atoms with Crippen molar-refractivity contribution in [3.05, 3.63) is 94.5 Å².